The fourth-order valence-corrected chi connectivity index (χ4v) is 4.89. The second-order valence-corrected chi connectivity index (χ2v) is 9.38. The first-order valence-electron chi connectivity index (χ1n) is 10.3. The first-order valence-corrected chi connectivity index (χ1v) is 11.8. The number of carbonyl (C=O) groups excluding carboxylic acids is 1. The number of nitrogens with one attached hydrogen (secondary N) is 2. The summed E-state index contributed by atoms with van der Waals surface area (Å²) in [4.78, 5) is 16.6. The molecule has 9 nitrogen and oxygen atoms in total. The molecule has 2 N–H and O–H groups in total. The fraction of sp³-hybridized carbons (Fsp3) is 0.429. The molecule has 2 aliphatic rings. The van der Waals surface area contributed by atoms with E-state index >= 15 is 0 Å². The van der Waals surface area contributed by atoms with Gasteiger partial charge in [-0.1, -0.05) is 12.1 Å². The van der Waals surface area contributed by atoms with Crippen LogP contribution in [-0.2, 0) is 30.8 Å². The molecule has 1 unspecified atom stereocenters. The Morgan fingerprint density at radius 3 is 2.71 bits per heavy atom. The van der Waals surface area contributed by atoms with Gasteiger partial charge in [0.05, 0.1) is 13.2 Å². The Kier molecular flexibility index (Phi) is 6.81. The lowest BCUT2D eigenvalue weighted by molar-refractivity contribution is -0.124. The van der Waals surface area contributed by atoms with Crippen molar-refractivity contribution in [3.05, 3.63) is 48.2 Å². The molecule has 31 heavy (non-hydrogen) atoms. The van der Waals surface area contributed by atoms with E-state index in [9.17, 15) is 13.2 Å². The van der Waals surface area contributed by atoms with E-state index in [-0.39, 0.29) is 16.9 Å². The molecule has 2 aromatic rings. The van der Waals surface area contributed by atoms with Gasteiger partial charge in [-0.05, 0) is 42.7 Å². The number of ether oxygens (including phenoxy) is 2. The van der Waals surface area contributed by atoms with Gasteiger partial charge in [0.15, 0.2) is 0 Å². The molecule has 0 radical (unpaired) electrons. The third-order valence-corrected chi connectivity index (χ3v) is 7.12. The number of rotatable bonds is 7. The molecule has 0 spiro atoms. The molecule has 1 atom stereocenters. The summed E-state index contributed by atoms with van der Waals surface area (Å²) >= 11 is 0. The van der Waals surface area contributed by atoms with Gasteiger partial charge < -0.3 is 20.1 Å². The molecule has 1 aromatic heterocycles. The van der Waals surface area contributed by atoms with Crippen molar-refractivity contribution >= 4 is 27.4 Å². The Hall–Kier alpha value is -2.53. The van der Waals surface area contributed by atoms with Gasteiger partial charge in [-0.2, -0.15) is 4.31 Å². The van der Waals surface area contributed by atoms with Crippen molar-refractivity contribution in [3.63, 3.8) is 0 Å². The SMILES string of the molecule is O=C(Nc1cccc(CNc2ccc(S(=O)(=O)N3CCOCC3)cn2)c1)C1CCCO1. The molecule has 166 valence electrons. The average Bonchev–Trinajstić information content (AvgIpc) is 3.34. The van der Waals surface area contributed by atoms with Crippen LogP contribution in [0.2, 0.25) is 0 Å². The molecule has 2 fully saturated rings. The van der Waals surface area contributed by atoms with E-state index in [0.29, 0.717) is 51.0 Å². The molecular weight excluding hydrogens is 420 g/mol. The minimum absolute atomic E-state index is 0.124. The summed E-state index contributed by atoms with van der Waals surface area (Å²) in [6.07, 6.45) is 2.64. The van der Waals surface area contributed by atoms with E-state index in [1.807, 2.05) is 24.3 Å². The Morgan fingerprint density at radius 1 is 1.16 bits per heavy atom. The number of amides is 1. The van der Waals surface area contributed by atoms with Gasteiger partial charge in [-0.25, -0.2) is 13.4 Å². The van der Waals surface area contributed by atoms with Gasteiger partial charge in [0.1, 0.15) is 16.8 Å². The molecule has 0 saturated carbocycles. The molecule has 0 aliphatic carbocycles. The normalized spacial score (nSPS) is 19.8. The van der Waals surface area contributed by atoms with E-state index in [2.05, 4.69) is 15.6 Å². The largest absolute Gasteiger partial charge is 0.379 e. The number of pyridine rings is 1. The van der Waals surface area contributed by atoms with Gasteiger partial charge in [0.2, 0.25) is 10.0 Å². The zero-order valence-corrected chi connectivity index (χ0v) is 17.9. The van der Waals surface area contributed by atoms with E-state index in [1.54, 1.807) is 12.1 Å². The van der Waals surface area contributed by atoms with Gasteiger partial charge in [-0.15, -0.1) is 0 Å². The number of nitrogens with zero attached hydrogens (tertiary/aromatic N) is 2. The van der Waals surface area contributed by atoms with E-state index in [4.69, 9.17) is 9.47 Å². The molecule has 1 aromatic carbocycles. The Morgan fingerprint density at radius 2 is 2.00 bits per heavy atom. The van der Waals surface area contributed by atoms with Crippen molar-refractivity contribution in [2.45, 2.75) is 30.4 Å². The van der Waals surface area contributed by atoms with Crippen LogP contribution in [0, 0.1) is 0 Å². The minimum atomic E-state index is -3.56. The molecule has 3 heterocycles. The van der Waals surface area contributed by atoms with Crippen LogP contribution >= 0.6 is 0 Å². The lowest BCUT2D eigenvalue weighted by Crippen LogP contribution is -2.40. The quantitative estimate of drug-likeness (QED) is 0.668. The second-order valence-electron chi connectivity index (χ2n) is 7.44. The molecule has 0 bridgehead atoms. The predicted molar refractivity (Wildman–Crippen MR) is 115 cm³/mol. The maximum atomic E-state index is 12.7. The van der Waals surface area contributed by atoms with Crippen molar-refractivity contribution < 1.29 is 22.7 Å². The van der Waals surface area contributed by atoms with Crippen LogP contribution in [0.1, 0.15) is 18.4 Å². The van der Waals surface area contributed by atoms with Crippen LogP contribution in [0.25, 0.3) is 0 Å². The predicted octanol–water partition coefficient (Wildman–Crippen LogP) is 1.83. The molecular formula is C21H26N4O5S. The smallest absolute Gasteiger partial charge is 0.253 e. The van der Waals surface area contributed by atoms with Gasteiger partial charge >= 0.3 is 0 Å². The molecule has 4 rings (SSSR count). The number of anilines is 2. The third-order valence-electron chi connectivity index (χ3n) is 5.23. The fourth-order valence-electron chi connectivity index (χ4n) is 3.53. The zero-order chi connectivity index (χ0) is 21.7. The van der Waals surface area contributed by atoms with Crippen LogP contribution in [0.15, 0.2) is 47.5 Å². The maximum absolute atomic E-state index is 12.7. The standard InChI is InChI=1S/C21H26N4O5S/c26-21(19-5-2-10-30-19)24-17-4-1-3-16(13-17)14-22-20-7-6-18(15-23-20)31(27,28)25-8-11-29-12-9-25/h1,3-4,6-7,13,15,19H,2,5,8-12,14H2,(H,22,23)(H,24,26). The van der Waals surface area contributed by atoms with Crippen molar-refractivity contribution in [1.29, 1.82) is 0 Å². The zero-order valence-electron chi connectivity index (χ0n) is 17.1. The number of sulfonamides is 1. The van der Waals surface area contributed by atoms with Crippen molar-refractivity contribution in [1.82, 2.24) is 9.29 Å². The summed E-state index contributed by atoms with van der Waals surface area (Å²) in [6, 6.07) is 10.7. The van der Waals surface area contributed by atoms with Crippen molar-refractivity contribution in [3.8, 4) is 0 Å². The lowest BCUT2D eigenvalue weighted by Gasteiger charge is -2.25. The number of benzene rings is 1. The average molecular weight is 447 g/mol. The van der Waals surface area contributed by atoms with E-state index in [1.165, 1.54) is 10.5 Å². The summed E-state index contributed by atoms with van der Waals surface area (Å²) in [5.74, 6) is 0.441. The highest BCUT2D eigenvalue weighted by Gasteiger charge is 2.26. The highest BCUT2D eigenvalue weighted by molar-refractivity contribution is 7.89. The number of hydrogen-bond donors (Lipinski definition) is 2. The van der Waals surface area contributed by atoms with Crippen molar-refractivity contribution in [2.75, 3.05) is 43.5 Å². The molecule has 10 heteroatoms. The van der Waals surface area contributed by atoms with Crippen LogP contribution in [0.3, 0.4) is 0 Å². The Labute approximate surface area is 181 Å². The lowest BCUT2D eigenvalue weighted by atomic mass is 10.2. The van der Waals surface area contributed by atoms with E-state index < -0.39 is 10.0 Å². The van der Waals surface area contributed by atoms with E-state index in [0.717, 1.165) is 18.4 Å². The second kappa shape index (κ2) is 9.73. The van der Waals surface area contributed by atoms with Crippen LogP contribution in [-0.4, -0.2) is 62.6 Å². The highest BCUT2D eigenvalue weighted by atomic mass is 32.2. The molecule has 2 aliphatic heterocycles. The highest BCUT2D eigenvalue weighted by Crippen LogP contribution is 2.19. The van der Waals surface area contributed by atoms with Crippen LogP contribution in [0.4, 0.5) is 11.5 Å². The number of hydrogen-bond acceptors (Lipinski definition) is 7. The van der Waals surface area contributed by atoms with Crippen molar-refractivity contribution in [2.24, 2.45) is 0 Å². The maximum Gasteiger partial charge on any atom is 0.253 e. The van der Waals surface area contributed by atoms with Gasteiger partial charge in [0, 0.05) is 38.1 Å². The molecule has 2 saturated heterocycles. The Balaban J connectivity index is 1.34. The first kappa shape index (κ1) is 21.7. The number of aromatic nitrogens is 1. The Bertz CT molecular complexity index is 1000. The minimum Gasteiger partial charge on any atom is -0.379 e. The van der Waals surface area contributed by atoms with Gasteiger partial charge in [-0.3, -0.25) is 4.79 Å². The van der Waals surface area contributed by atoms with Crippen LogP contribution < -0.4 is 10.6 Å². The van der Waals surface area contributed by atoms with Crippen LogP contribution in [0.5, 0.6) is 0 Å². The topological polar surface area (TPSA) is 110 Å². The first-order chi connectivity index (χ1) is 15.0. The third kappa shape index (κ3) is 5.40. The summed E-state index contributed by atoms with van der Waals surface area (Å²) in [5.41, 5.74) is 1.66. The van der Waals surface area contributed by atoms with Gasteiger partial charge in [0.25, 0.3) is 5.91 Å². The molecule has 1 amide bonds. The summed E-state index contributed by atoms with van der Waals surface area (Å²) in [7, 11) is -3.56. The summed E-state index contributed by atoms with van der Waals surface area (Å²) in [5, 5.41) is 6.07. The number of morpholine rings is 1. The summed E-state index contributed by atoms with van der Waals surface area (Å²) in [6.45, 7) is 2.61. The summed E-state index contributed by atoms with van der Waals surface area (Å²) < 4.78 is 37.4. The number of carbonyl (C=O) groups is 1. The monoisotopic (exact) mass is 446 g/mol.